The standard InChI is InChI=1S/C15H17N3O3/c1-3-17-13-10(6-4-8-12(13)18(20)21)11-7-5-9-16(2)15(19)14(11)17/h4,6,8H,3,5,7,9H2,1-2H3. The van der Waals surface area contributed by atoms with Gasteiger partial charge in [0.1, 0.15) is 11.2 Å². The molecule has 0 spiro atoms. The summed E-state index contributed by atoms with van der Waals surface area (Å²) in [4.78, 5) is 25.2. The lowest BCUT2D eigenvalue weighted by Gasteiger charge is -2.15. The lowest BCUT2D eigenvalue weighted by molar-refractivity contribution is -0.383. The Morgan fingerprint density at radius 1 is 1.38 bits per heavy atom. The topological polar surface area (TPSA) is 68.4 Å². The molecule has 1 aliphatic heterocycles. The van der Waals surface area contributed by atoms with E-state index in [0.29, 0.717) is 24.3 Å². The van der Waals surface area contributed by atoms with E-state index in [4.69, 9.17) is 0 Å². The Morgan fingerprint density at radius 3 is 2.81 bits per heavy atom. The Balaban J connectivity index is 2.42. The fraction of sp³-hybridized carbons (Fsp3) is 0.400. The van der Waals surface area contributed by atoms with Gasteiger partial charge in [0.2, 0.25) is 0 Å². The molecule has 2 heterocycles. The average molecular weight is 287 g/mol. The van der Waals surface area contributed by atoms with Crippen LogP contribution in [0.4, 0.5) is 5.69 Å². The van der Waals surface area contributed by atoms with E-state index in [1.54, 1.807) is 22.6 Å². The third-order valence-electron chi connectivity index (χ3n) is 4.15. The summed E-state index contributed by atoms with van der Waals surface area (Å²) in [5.74, 6) is -0.0464. The number of para-hydroxylation sites is 1. The van der Waals surface area contributed by atoms with Gasteiger partial charge in [-0.15, -0.1) is 0 Å². The number of aryl methyl sites for hydroxylation is 2. The first-order chi connectivity index (χ1) is 10.1. The zero-order chi connectivity index (χ0) is 15.1. The van der Waals surface area contributed by atoms with Gasteiger partial charge in [-0.2, -0.15) is 0 Å². The van der Waals surface area contributed by atoms with Crippen LogP contribution in [0.15, 0.2) is 18.2 Å². The Labute approximate surface area is 122 Å². The van der Waals surface area contributed by atoms with Gasteiger partial charge in [0.15, 0.2) is 0 Å². The number of nitro benzene ring substituents is 1. The maximum absolute atomic E-state index is 12.6. The van der Waals surface area contributed by atoms with Gasteiger partial charge in [-0.1, -0.05) is 12.1 Å². The number of hydrogen-bond donors (Lipinski definition) is 0. The summed E-state index contributed by atoms with van der Waals surface area (Å²) in [6, 6.07) is 5.08. The molecule has 0 N–H and O–H groups in total. The summed E-state index contributed by atoms with van der Waals surface area (Å²) in [5.41, 5.74) is 2.20. The van der Waals surface area contributed by atoms with Gasteiger partial charge in [-0.3, -0.25) is 14.9 Å². The van der Waals surface area contributed by atoms with E-state index in [2.05, 4.69) is 0 Å². The lowest BCUT2D eigenvalue weighted by Crippen LogP contribution is -2.28. The van der Waals surface area contributed by atoms with Crippen molar-refractivity contribution in [1.29, 1.82) is 0 Å². The molecule has 0 saturated carbocycles. The number of rotatable bonds is 2. The zero-order valence-corrected chi connectivity index (χ0v) is 12.1. The number of nitro groups is 1. The number of aromatic nitrogens is 1. The molecule has 0 saturated heterocycles. The predicted octanol–water partition coefficient (Wildman–Crippen LogP) is 2.59. The number of carbonyl (C=O) groups is 1. The molecule has 0 unspecified atom stereocenters. The maximum atomic E-state index is 12.6. The van der Waals surface area contributed by atoms with E-state index in [9.17, 15) is 14.9 Å². The van der Waals surface area contributed by atoms with E-state index in [-0.39, 0.29) is 16.5 Å². The predicted molar refractivity (Wildman–Crippen MR) is 79.5 cm³/mol. The molecular weight excluding hydrogens is 270 g/mol. The van der Waals surface area contributed by atoms with Gasteiger partial charge in [-0.05, 0) is 25.3 Å². The first kappa shape index (κ1) is 13.6. The summed E-state index contributed by atoms with van der Waals surface area (Å²) < 4.78 is 1.80. The van der Waals surface area contributed by atoms with Crippen molar-refractivity contribution in [3.8, 4) is 0 Å². The summed E-state index contributed by atoms with van der Waals surface area (Å²) >= 11 is 0. The first-order valence-electron chi connectivity index (χ1n) is 7.10. The quantitative estimate of drug-likeness (QED) is 0.629. The zero-order valence-electron chi connectivity index (χ0n) is 12.1. The summed E-state index contributed by atoms with van der Waals surface area (Å²) in [5, 5.41) is 12.1. The molecular formula is C15H17N3O3. The van der Waals surface area contributed by atoms with Crippen molar-refractivity contribution < 1.29 is 9.72 Å². The molecule has 0 radical (unpaired) electrons. The summed E-state index contributed by atoms with van der Waals surface area (Å²) in [7, 11) is 1.78. The van der Waals surface area contributed by atoms with Crippen molar-refractivity contribution in [2.24, 2.45) is 0 Å². The smallest absolute Gasteiger partial charge is 0.293 e. The molecule has 6 nitrogen and oxygen atoms in total. The monoisotopic (exact) mass is 287 g/mol. The highest BCUT2D eigenvalue weighted by Crippen LogP contribution is 2.35. The second-order valence-electron chi connectivity index (χ2n) is 5.33. The number of hydrogen-bond acceptors (Lipinski definition) is 3. The van der Waals surface area contributed by atoms with Gasteiger partial charge >= 0.3 is 0 Å². The molecule has 1 amide bonds. The molecule has 1 aromatic heterocycles. The average Bonchev–Trinajstić information content (AvgIpc) is 2.71. The molecule has 21 heavy (non-hydrogen) atoms. The van der Waals surface area contributed by atoms with E-state index < -0.39 is 0 Å². The third-order valence-corrected chi connectivity index (χ3v) is 4.15. The first-order valence-corrected chi connectivity index (χ1v) is 7.10. The summed E-state index contributed by atoms with van der Waals surface area (Å²) in [6.07, 6.45) is 1.65. The fourth-order valence-electron chi connectivity index (χ4n) is 3.20. The van der Waals surface area contributed by atoms with Crippen LogP contribution in [0, 0.1) is 10.1 Å². The highest BCUT2D eigenvalue weighted by atomic mass is 16.6. The van der Waals surface area contributed by atoms with Crippen molar-refractivity contribution in [3.05, 3.63) is 39.6 Å². The minimum Gasteiger partial charge on any atom is -0.340 e. The van der Waals surface area contributed by atoms with Gasteiger partial charge in [0, 0.05) is 31.6 Å². The van der Waals surface area contributed by atoms with E-state index in [1.165, 1.54) is 6.07 Å². The number of fused-ring (bicyclic) bond motifs is 3. The van der Waals surface area contributed by atoms with Crippen LogP contribution in [0.5, 0.6) is 0 Å². The lowest BCUT2D eigenvalue weighted by atomic mass is 10.1. The Hall–Kier alpha value is -2.37. The van der Waals surface area contributed by atoms with Crippen molar-refractivity contribution in [2.45, 2.75) is 26.3 Å². The minimum atomic E-state index is -0.373. The van der Waals surface area contributed by atoms with Crippen molar-refractivity contribution in [2.75, 3.05) is 13.6 Å². The van der Waals surface area contributed by atoms with Crippen LogP contribution in [0.2, 0.25) is 0 Å². The fourth-order valence-corrected chi connectivity index (χ4v) is 3.20. The number of carbonyl (C=O) groups excluding carboxylic acids is 1. The minimum absolute atomic E-state index is 0.0464. The second-order valence-corrected chi connectivity index (χ2v) is 5.33. The molecule has 1 aliphatic rings. The van der Waals surface area contributed by atoms with Gasteiger partial charge in [0.05, 0.1) is 4.92 Å². The van der Waals surface area contributed by atoms with Crippen LogP contribution in [0.25, 0.3) is 10.9 Å². The third kappa shape index (κ3) is 1.90. The SMILES string of the molecule is CCn1c2c(c3cccc([N+](=O)[O-])c31)CCCN(C)C2=O. The molecule has 0 atom stereocenters. The van der Waals surface area contributed by atoms with Gasteiger partial charge in [0.25, 0.3) is 11.6 Å². The van der Waals surface area contributed by atoms with E-state index in [0.717, 1.165) is 23.8 Å². The van der Waals surface area contributed by atoms with Crippen LogP contribution < -0.4 is 0 Å². The number of nitrogens with zero attached hydrogens (tertiary/aromatic N) is 3. The maximum Gasteiger partial charge on any atom is 0.293 e. The van der Waals surface area contributed by atoms with Crippen molar-refractivity contribution >= 4 is 22.5 Å². The van der Waals surface area contributed by atoms with Gasteiger partial charge < -0.3 is 9.47 Å². The van der Waals surface area contributed by atoms with Crippen molar-refractivity contribution in [1.82, 2.24) is 9.47 Å². The molecule has 0 aliphatic carbocycles. The van der Waals surface area contributed by atoms with Crippen LogP contribution in [-0.4, -0.2) is 33.9 Å². The van der Waals surface area contributed by atoms with E-state index in [1.807, 2.05) is 13.0 Å². The highest BCUT2D eigenvalue weighted by molar-refractivity contribution is 6.04. The van der Waals surface area contributed by atoms with Gasteiger partial charge in [-0.25, -0.2) is 0 Å². The summed E-state index contributed by atoms with van der Waals surface area (Å²) in [6.45, 7) is 3.17. The molecule has 0 fully saturated rings. The highest BCUT2D eigenvalue weighted by Gasteiger charge is 2.30. The van der Waals surface area contributed by atoms with E-state index >= 15 is 0 Å². The molecule has 3 rings (SSSR count). The second kappa shape index (κ2) is 4.87. The molecule has 110 valence electrons. The number of non-ortho nitro benzene ring substituents is 1. The Morgan fingerprint density at radius 2 is 2.14 bits per heavy atom. The molecule has 1 aromatic carbocycles. The Kier molecular flexibility index (Phi) is 3.16. The van der Waals surface area contributed by atoms with Crippen LogP contribution in [0.3, 0.4) is 0 Å². The number of benzene rings is 1. The van der Waals surface area contributed by atoms with Crippen LogP contribution in [0.1, 0.15) is 29.4 Å². The molecule has 0 bridgehead atoms. The molecule has 2 aromatic rings. The van der Waals surface area contributed by atoms with Crippen LogP contribution >= 0.6 is 0 Å². The normalized spacial score (nSPS) is 15.1. The Bertz CT molecular complexity index is 748. The largest absolute Gasteiger partial charge is 0.340 e. The molecule has 6 heteroatoms. The number of amides is 1. The van der Waals surface area contributed by atoms with Crippen LogP contribution in [-0.2, 0) is 13.0 Å². The van der Waals surface area contributed by atoms with Crippen molar-refractivity contribution in [3.63, 3.8) is 0 Å².